The third kappa shape index (κ3) is 3.36. The summed E-state index contributed by atoms with van der Waals surface area (Å²) in [7, 11) is 0. The summed E-state index contributed by atoms with van der Waals surface area (Å²) in [5, 5.41) is 0.490. The lowest BCUT2D eigenvalue weighted by atomic mass is 10.2. The molecule has 1 aliphatic heterocycles. The minimum Gasteiger partial charge on any atom is -0.451 e. The first-order chi connectivity index (χ1) is 12.7. The van der Waals surface area contributed by atoms with E-state index in [0.717, 1.165) is 25.3 Å². The molecule has 0 atom stereocenters. The quantitative estimate of drug-likeness (QED) is 0.725. The van der Waals surface area contributed by atoms with Crippen molar-refractivity contribution in [3.05, 3.63) is 76.4 Å². The van der Waals surface area contributed by atoms with E-state index in [1.54, 1.807) is 35.4 Å². The van der Waals surface area contributed by atoms with Gasteiger partial charge in [0, 0.05) is 45.0 Å². The summed E-state index contributed by atoms with van der Waals surface area (Å²) in [5.74, 6) is -0.128. The number of fused-ring (bicyclic) bond motifs is 1. The van der Waals surface area contributed by atoms with Crippen LogP contribution in [0.25, 0.3) is 11.0 Å². The van der Waals surface area contributed by atoms with Crippen molar-refractivity contribution in [2.24, 2.45) is 0 Å². The molecule has 26 heavy (non-hydrogen) atoms. The van der Waals surface area contributed by atoms with Crippen molar-refractivity contribution in [3.63, 3.8) is 0 Å². The van der Waals surface area contributed by atoms with Crippen molar-refractivity contribution in [2.75, 3.05) is 26.2 Å². The second-order valence-corrected chi connectivity index (χ2v) is 6.36. The average Bonchev–Trinajstić information content (AvgIpc) is 2.69. The molecule has 2 aromatic heterocycles. The molecule has 0 spiro atoms. The van der Waals surface area contributed by atoms with Crippen molar-refractivity contribution >= 4 is 16.9 Å². The van der Waals surface area contributed by atoms with Gasteiger partial charge < -0.3 is 9.32 Å². The van der Waals surface area contributed by atoms with Crippen LogP contribution in [-0.4, -0.2) is 46.9 Å². The molecule has 3 heterocycles. The van der Waals surface area contributed by atoms with Gasteiger partial charge in [-0.3, -0.25) is 19.5 Å². The van der Waals surface area contributed by atoms with Gasteiger partial charge in [0.25, 0.3) is 5.91 Å². The molecule has 6 nitrogen and oxygen atoms in total. The molecule has 1 amide bonds. The van der Waals surface area contributed by atoms with Crippen molar-refractivity contribution in [1.82, 2.24) is 14.8 Å². The number of amides is 1. The Morgan fingerprint density at radius 3 is 2.58 bits per heavy atom. The molecule has 0 saturated carbocycles. The zero-order valence-electron chi connectivity index (χ0n) is 14.3. The number of rotatable bonds is 3. The van der Waals surface area contributed by atoms with Gasteiger partial charge in [-0.25, -0.2) is 0 Å². The third-order valence-electron chi connectivity index (χ3n) is 4.62. The van der Waals surface area contributed by atoms with E-state index < -0.39 is 0 Å². The zero-order valence-corrected chi connectivity index (χ0v) is 14.3. The summed E-state index contributed by atoms with van der Waals surface area (Å²) >= 11 is 0. The van der Waals surface area contributed by atoms with Crippen LogP contribution in [0.3, 0.4) is 0 Å². The fraction of sp³-hybridized carbons (Fsp3) is 0.250. The normalized spacial score (nSPS) is 15.3. The standard InChI is InChI=1S/C20H19N3O3/c24-17-13-19(26-18-7-2-1-6-16(17)18)20(25)23-11-9-22(10-12-23)14-15-5-3-4-8-21-15/h1-8,13H,9-12,14H2. The molecule has 1 aliphatic rings. The fourth-order valence-corrected chi connectivity index (χ4v) is 3.20. The second kappa shape index (κ2) is 7.09. The van der Waals surface area contributed by atoms with Crippen LogP contribution in [0.2, 0.25) is 0 Å². The van der Waals surface area contributed by atoms with Gasteiger partial charge in [0.15, 0.2) is 11.2 Å². The van der Waals surface area contributed by atoms with Crippen LogP contribution in [0, 0.1) is 0 Å². The number of para-hydroxylation sites is 1. The number of nitrogens with zero attached hydrogens (tertiary/aromatic N) is 3. The highest BCUT2D eigenvalue weighted by atomic mass is 16.3. The van der Waals surface area contributed by atoms with E-state index in [1.165, 1.54) is 6.07 Å². The van der Waals surface area contributed by atoms with Crippen LogP contribution >= 0.6 is 0 Å². The Morgan fingerprint density at radius 1 is 1.04 bits per heavy atom. The van der Waals surface area contributed by atoms with E-state index in [0.29, 0.717) is 24.1 Å². The van der Waals surface area contributed by atoms with Crippen molar-refractivity contribution in [3.8, 4) is 0 Å². The van der Waals surface area contributed by atoms with Crippen LogP contribution in [0.5, 0.6) is 0 Å². The smallest absolute Gasteiger partial charge is 0.289 e. The molecule has 1 fully saturated rings. The van der Waals surface area contributed by atoms with Gasteiger partial charge in [-0.2, -0.15) is 0 Å². The van der Waals surface area contributed by atoms with Crippen molar-refractivity contribution in [1.29, 1.82) is 0 Å². The Bertz CT molecular complexity index is 976. The van der Waals surface area contributed by atoms with E-state index in [9.17, 15) is 9.59 Å². The van der Waals surface area contributed by atoms with Crippen LogP contribution in [0.4, 0.5) is 0 Å². The number of hydrogen-bond acceptors (Lipinski definition) is 5. The molecule has 4 rings (SSSR count). The fourth-order valence-electron chi connectivity index (χ4n) is 3.20. The first-order valence-corrected chi connectivity index (χ1v) is 8.65. The van der Waals surface area contributed by atoms with E-state index in [4.69, 9.17) is 4.42 Å². The molecule has 0 N–H and O–H groups in total. The van der Waals surface area contributed by atoms with Gasteiger partial charge in [0.1, 0.15) is 5.58 Å². The number of piperazine rings is 1. The SMILES string of the molecule is O=C(c1cc(=O)c2ccccc2o1)N1CCN(Cc2ccccn2)CC1. The average molecular weight is 349 g/mol. The highest BCUT2D eigenvalue weighted by Crippen LogP contribution is 2.15. The first-order valence-electron chi connectivity index (χ1n) is 8.65. The number of aromatic nitrogens is 1. The molecule has 3 aromatic rings. The maximum atomic E-state index is 12.7. The molecular formula is C20H19N3O3. The summed E-state index contributed by atoms with van der Waals surface area (Å²) in [6.07, 6.45) is 1.79. The molecule has 0 aliphatic carbocycles. The molecule has 132 valence electrons. The van der Waals surface area contributed by atoms with Gasteiger partial charge in [0.2, 0.25) is 0 Å². The van der Waals surface area contributed by atoms with Gasteiger partial charge in [0.05, 0.1) is 11.1 Å². The molecule has 1 saturated heterocycles. The summed E-state index contributed by atoms with van der Waals surface area (Å²) in [5.41, 5.74) is 1.27. The molecule has 1 aromatic carbocycles. The largest absolute Gasteiger partial charge is 0.451 e. The van der Waals surface area contributed by atoms with Gasteiger partial charge in [-0.1, -0.05) is 18.2 Å². The lowest BCUT2D eigenvalue weighted by Gasteiger charge is -2.34. The highest BCUT2D eigenvalue weighted by Gasteiger charge is 2.24. The van der Waals surface area contributed by atoms with Crippen molar-refractivity contribution < 1.29 is 9.21 Å². The maximum absolute atomic E-state index is 12.7. The number of pyridine rings is 1. The van der Waals surface area contributed by atoms with E-state index in [2.05, 4.69) is 9.88 Å². The van der Waals surface area contributed by atoms with Crippen molar-refractivity contribution in [2.45, 2.75) is 6.54 Å². The molecular weight excluding hydrogens is 330 g/mol. The van der Waals surface area contributed by atoms with Crippen LogP contribution in [-0.2, 0) is 6.54 Å². The minimum atomic E-state index is -0.231. The maximum Gasteiger partial charge on any atom is 0.289 e. The van der Waals surface area contributed by atoms with Crippen LogP contribution in [0.15, 0.2) is 63.9 Å². The predicted molar refractivity (Wildman–Crippen MR) is 97.9 cm³/mol. The predicted octanol–water partition coefficient (Wildman–Crippen LogP) is 2.15. The van der Waals surface area contributed by atoms with Crippen LogP contribution in [0.1, 0.15) is 16.2 Å². The number of benzene rings is 1. The Morgan fingerprint density at radius 2 is 1.81 bits per heavy atom. The Hall–Kier alpha value is -2.99. The number of carbonyl (C=O) groups is 1. The summed E-state index contributed by atoms with van der Waals surface area (Å²) in [6.45, 7) is 3.50. The van der Waals surface area contributed by atoms with Gasteiger partial charge in [-0.05, 0) is 24.3 Å². The van der Waals surface area contributed by atoms with Crippen LogP contribution < -0.4 is 5.43 Å². The second-order valence-electron chi connectivity index (χ2n) is 6.36. The molecule has 6 heteroatoms. The Kier molecular flexibility index (Phi) is 4.50. The zero-order chi connectivity index (χ0) is 17.9. The Labute approximate surface area is 150 Å². The van der Waals surface area contributed by atoms with E-state index in [-0.39, 0.29) is 17.1 Å². The summed E-state index contributed by atoms with van der Waals surface area (Å²) in [4.78, 5) is 33.3. The highest BCUT2D eigenvalue weighted by molar-refractivity contribution is 5.93. The monoisotopic (exact) mass is 349 g/mol. The topological polar surface area (TPSA) is 66.7 Å². The molecule has 0 unspecified atom stereocenters. The van der Waals surface area contributed by atoms with E-state index in [1.807, 2.05) is 18.2 Å². The lowest BCUT2D eigenvalue weighted by Crippen LogP contribution is -2.48. The molecule has 0 radical (unpaired) electrons. The summed E-state index contributed by atoms with van der Waals surface area (Å²) in [6, 6.07) is 14.1. The lowest BCUT2D eigenvalue weighted by molar-refractivity contribution is 0.0597. The molecule has 0 bridgehead atoms. The third-order valence-corrected chi connectivity index (χ3v) is 4.62. The van der Waals surface area contributed by atoms with Gasteiger partial charge >= 0.3 is 0 Å². The first kappa shape index (κ1) is 16.5. The Balaban J connectivity index is 1.44. The number of hydrogen-bond donors (Lipinski definition) is 0. The number of carbonyl (C=O) groups excluding carboxylic acids is 1. The summed E-state index contributed by atoms with van der Waals surface area (Å²) < 4.78 is 5.67. The minimum absolute atomic E-state index is 0.104. The van der Waals surface area contributed by atoms with Gasteiger partial charge in [-0.15, -0.1) is 0 Å². The van der Waals surface area contributed by atoms with E-state index >= 15 is 0 Å².